The summed E-state index contributed by atoms with van der Waals surface area (Å²) in [5, 5.41) is 12.2. The molecule has 5 nitrogen and oxygen atoms in total. The molecule has 0 spiro atoms. The van der Waals surface area contributed by atoms with Gasteiger partial charge >= 0.3 is 0 Å². The number of likely N-dealkylation sites (tertiary alicyclic amines) is 1. The van der Waals surface area contributed by atoms with Crippen LogP contribution in [0, 0.1) is 11.8 Å². The minimum Gasteiger partial charge on any atom is -0.396 e. The number of benzene rings is 1. The molecule has 1 saturated heterocycles. The molecule has 0 bridgehead atoms. The van der Waals surface area contributed by atoms with Crippen molar-refractivity contribution >= 4 is 11.8 Å². The van der Waals surface area contributed by atoms with Gasteiger partial charge < -0.3 is 15.3 Å². The number of aliphatic hydroxyl groups excluding tert-OH is 1. The van der Waals surface area contributed by atoms with Crippen LogP contribution in [-0.2, 0) is 9.59 Å². The molecule has 3 atom stereocenters. The SMILES string of the molecule is CC(c1ccccc1)N1CC(C(=O)NC(CCO)C2CC2)CC1=O. The predicted molar refractivity (Wildman–Crippen MR) is 91.0 cm³/mol. The molecular weight excluding hydrogens is 304 g/mol. The molecule has 5 heteroatoms. The predicted octanol–water partition coefficient (Wildman–Crippen LogP) is 1.87. The summed E-state index contributed by atoms with van der Waals surface area (Å²) in [7, 11) is 0. The van der Waals surface area contributed by atoms with Crippen molar-refractivity contribution < 1.29 is 14.7 Å². The molecule has 130 valence electrons. The monoisotopic (exact) mass is 330 g/mol. The molecule has 24 heavy (non-hydrogen) atoms. The highest BCUT2D eigenvalue weighted by molar-refractivity contribution is 5.89. The zero-order valence-corrected chi connectivity index (χ0v) is 14.1. The smallest absolute Gasteiger partial charge is 0.225 e. The topological polar surface area (TPSA) is 69.6 Å². The number of carbonyl (C=O) groups excluding carboxylic acids is 2. The largest absolute Gasteiger partial charge is 0.396 e. The number of hydrogen-bond acceptors (Lipinski definition) is 3. The number of nitrogens with zero attached hydrogens (tertiary/aromatic N) is 1. The molecule has 3 rings (SSSR count). The Kier molecular flexibility index (Phi) is 5.19. The van der Waals surface area contributed by atoms with E-state index in [0.29, 0.717) is 18.9 Å². The van der Waals surface area contributed by atoms with Crippen LogP contribution in [0.4, 0.5) is 0 Å². The third-order valence-corrected chi connectivity index (χ3v) is 5.24. The molecule has 2 aliphatic rings. The van der Waals surface area contributed by atoms with Crippen LogP contribution in [0.15, 0.2) is 30.3 Å². The van der Waals surface area contributed by atoms with E-state index < -0.39 is 0 Å². The Labute approximate surface area is 143 Å². The Balaban J connectivity index is 1.60. The van der Waals surface area contributed by atoms with Crippen LogP contribution in [0.2, 0.25) is 0 Å². The summed E-state index contributed by atoms with van der Waals surface area (Å²) in [4.78, 5) is 26.7. The Morgan fingerprint density at radius 2 is 2.04 bits per heavy atom. The number of carbonyl (C=O) groups is 2. The summed E-state index contributed by atoms with van der Waals surface area (Å²) >= 11 is 0. The van der Waals surface area contributed by atoms with Gasteiger partial charge in [0.25, 0.3) is 0 Å². The highest BCUT2D eigenvalue weighted by Gasteiger charge is 2.39. The quantitative estimate of drug-likeness (QED) is 0.802. The van der Waals surface area contributed by atoms with Crippen molar-refractivity contribution in [2.24, 2.45) is 11.8 Å². The van der Waals surface area contributed by atoms with E-state index in [2.05, 4.69) is 5.32 Å². The maximum Gasteiger partial charge on any atom is 0.225 e. The van der Waals surface area contributed by atoms with Gasteiger partial charge in [-0.2, -0.15) is 0 Å². The maximum absolute atomic E-state index is 12.5. The van der Waals surface area contributed by atoms with Gasteiger partial charge in [0.2, 0.25) is 11.8 Å². The molecule has 1 saturated carbocycles. The van der Waals surface area contributed by atoms with Crippen LogP contribution < -0.4 is 5.32 Å². The van der Waals surface area contributed by atoms with Gasteiger partial charge in [0.1, 0.15) is 0 Å². The first-order valence-electron chi connectivity index (χ1n) is 8.85. The fourth-order valence-corrected chi connectivity index (χ4v) is 3.56. The normalized spacial score (nSPS) is 23.2. The van der Waals surface area contributed by atoms with Gasteiger partial charge in [0.15, 0.2) is 0 Å². The minimum atomic E-state index is -0.288. The number of aliphatic hydroxyl groups is 1. The van der Waals surface area contributed by atoms with Crippen LogP contribution in [0.25, 0.3) is 0 Å². The number of hydrogen-bond donors (Lipinski definition) is 2. The Bertz CT molecular complexity index is 586. The molecule has 1 heterocycles. The lowest BCUT2D eigenvalue weighted by molar-refractivity contribution is -0.130. The highest BCUT2D eigenvalue weighted by Crippen LogP contribution is 2.34. The summed E-state index contributed by atoms with van der Waals surface area (Å²) in [5.74, 6) is 0.203. The third-order valence-electron chi connectivity index (χ3n) is 5.24. The molecule has 2 fully saturated rings. The highest BCUT2D eigenvalue weighted by atomic mass is 16.3. The summed E-state index contributed by atoms with van der Waals surface area (Å²) in [5.41, 5.74) is 1.09. The molecule has 1 aliphatic heterocycles. The van der Waals surface area contributed by atoms with E-state index in [1.807, 2.05) is 37.3 Å². The van der Waals surface area contributed by atoms with Crippen molar-refractivity contribution in [3.05, 3.63) is 35.9 Å². The summed E-state index contributed by atoms with van der Waals surface area (Å²) in [6, 6.07) is 9.94. The Morgan fingerprint density at radius 3 is 2.67 bits per heavy atom. The van der Waals surface area contributed by atoms with Crippen molar-refractivity contribution in [1.82, 2.24) is 10.2 Å². The Morgan fingerprint density at radius 1 is 1.33 bits per heavy atom. The second-order valence-corrected chi connectivity index (χ2v) is 7.00. The summed E-state index contributed by atoms with van der Waals surface area (Å²) < 4.78 is 0. The van der Waals surface area contributed by atoms with E-state index in [9.17, 15) is 9.59 Å². The Hall–Kier alpha value is -1.88. The first-order valence-corrected chi connectivity index (χ1v) is 8.85. The van der Waals surface area contributed by atoms with Crippen molar-refractivity contribution in [1.29, 1.82) is 0 Å². The van der Waals surface area contributed by atoms with Crippen molar-refractivity contribution in [2.75, 3.05) is 13.2 Å². The van der Waals surface area contributed by atoms with Gasteiger partial charge in [-0.25, -0.2) is 0 Å². The summed E-state index contributed by atoms with van der Waals surface area (Å²) in [6.07, 6.45) is 3.11. The van der Waals surface area contributed by atoms with Crippen molar-refractivity contribution in [3.8, 4) is 0 Å². The van der Waals surface area contributed by atoms with E-state index in [-0.39, 0.29) is 42.8 Å². The van der Waals surface area contributed by atoms with Gasteiger partial charge in [0.05, 0.1) is 12.0 Å². The van der Waals surface area contributed by atoms with Gasteiger partial charge in [0, 0.05) is 25.6 Å². The molecule has 2 amide bonds. The van der Waals surface area contributed by atoms with E-state index in [1.54, 1.807) is 4.90 Å². The summed E-state index contributed by atoms with van der Waals surface area (Å²) in [6.45, 7) is 2.56. The lowest BCUT2D eigenvalue weighted by Gasteiger charge is -2.25. The van der Waals surface area contributed by atoms with Gasteiger partial charge in [-0.3, -0.25) is 9.59 Å². The van der Waals surface area contributed by atoms with E-state index in [4.69, 9.17) is 5.11 Å². The zero-order valence-electron chi connectivity index (χ0n) is 14.1. The first kappa shape index (κ1) is 17.0. The lowest BCUT2D eigenvalue weighted by Crippen LogP contribution is -2.41. The minimum absolute atomic E-state index is 0.0202. The van der Waals surface area contributed by atoms with E-state index >= 15 is 0 Å². The number of rotatable bonds is 7. The second kappa shape index (κ2) is 7.34. The van der Waals surface area contributed by atoms with Crippen LogP contribution in [0.3, 0.4) is 0 Å². The van der Waals surface area contributed by atoms with Crippen LogP contribution in [-0.4, -0.2) is 41.0 Å². The van der Waals surface area contributed by atoms with Crippen LogP contribution in [0.1, 0.15) is 44.2 Å². The van der Waals surface area contributed by atoms with Crippen LogP contribution in [0.5, 0.6) is 0 Å². The fraction of sp³-hybridized carbons (Fsp3) is 0.579. The number of nitrogens with one attached hydrogen (secondary N) is 1. The van der Waals surface area contributed by atoms with E-state index in [1.165, 1.54) is 0 Å². The number of amides is 2. The molecule has 1 aromatic carbocycles. The molecule has 1 aliphatic carbocycles. The average Bonchev–Trinajstić information content (AvgIpc) is 3.36. The lowest BCUT2D eigenvalue weighted by atomic mass is 10.0. The maximum atomic E-state index is 12.5. The molecule has 3 unspecified atom stereocenters. The zero-order chi connectivity index (χ0) is 17.1. The first-order chi connectivity index (χ1) is 11.6. The second-order valence-electron chi connectivity index (χ2n) is 7.00. The van der Waals surface area contributed by atoms with Gasteiger partial charge in [-0.15, -0.1) is 0 Å². The molecule has 0 radical (unpaired) electrons. The van der Waals surface area contributed by atoms with Gasteiger partial charge in [-0.05, 0) is 37.7 Å². The van der Waals surface area contributed by atoms with E-state index in [0.717, 1.165) is 18.4 Å². The fourth-order valence-electron chi connectivity index (χ4n) is 3.56. The molecule has 2 N–H and O–H groups in total. The van der Waals surface area contributed by atoms with Gasteiger partial charge in [-0.1, -0.05) is 30.3 Å². The molecule has 0 aromatic heterocycles. The average molecular weight is 330 g/mol. The third kappa shape index (κ3) is 3.78. The molecular formula is C19H26N2O3. The van der Waals surface area contributed by atoms with Crippen molar-refractivity contribution in [2.45, 2.75) is 44.7 Å². The van der Waals surface area contributed by atoms with Crippen molar-refractivity contribution in [3.63, 3.8) is 0 Å². The van der Waals surface area contributed by atoms with Crippen LogP contribution >= 0.6 is 0 Å². The standard InChI is InChI=1S/C19H26N2O3/c1-13(14-5-3-2-4-6-14)21-12-16(11-18(21)23)19(24)20-17(9-10-22)15-7-8-15/h2-6,13,15-17,22H,7-12H2,1H3,(H,20,24). The molecule has 1 aromatic rings.